The van der Waals surface area contributed by atoms with Gasteiger partial charge >= 0.3 is 0 Å². The maximum atomic E-state index is 14.3. The minimum atomic E-state index is -0.979. The van der Waals surface area contributed by atoms with Crippen molar-refractivity contribution >= 4 is 0 Å². The Balaban J connectivity index is 1.58. The van der Waals surface area contributed by atoms with Gasteiger partial charge in [0.2, 0.25) is 0 Å². The van der Waals surface area contributed by atoms with Gasteiger partial charge in [-0.1, -0.05) is 39.2 Å². The summed E-state index contributed by atoms with van der Waals surface area (Å²) < 4.78 is 28.3. The number of rotatable bonds is 4. The minimum absolute atomic E-state index is 0.0940. The summed E-state index contributed by atoms with van der Waals surface area (Å²) in [6, 6.07) is 4.76. The molecule has 26 heavy (non-hydrogen) atoms. The second kappa shape index (κ2) is 8.51. The van der Waals surface area contributed by atoms with Gasteiger partial charge in [0.1, 0.15) is 6.07 Å². The van der Waals surface area contributed by atoms with Crippen molar-refractivity contribution < 1.29 is 8.78 Å². The van der Waals surface area contributed by atoms with Crippen LogP contribution in [0.4, 0.5) is 8.78 Å². The van der Waals surface area contributed by atoms with Gasteiger partial charge in [-0.2, -0.15) is 5.26 Å². The molecule has 2 fully saturated rings. The summed E-state index contributed by atoms with van der Waals surface area (Å²) in [5.74, 6) is 1.56. The average molecular weight is 360 g/mol. The highest BCUT2D eigenvalue weighted by atomic mass is 19.2. The molecule has 1 nitrogen and oxygen atoms in total. The Kier molecular flexibility index (Phi) is 6.33. The highest BCUT2D eigenvalue weighted by molar-refractivity contribution is 5.36. The number of benzene rings is 1. The maximum Gasteiger partial charge on any atom is 0.176 e. The molecule has 1 atom stereocenters. The molecule has 2 aliphatic carbocycles. The van der Waals surface area contributed by atoms with Gasteiger partial charge < -0.3 is 0 Å². The van der Waals surface area contributed by atoms with Gasteiger partial charge in [-0.25, -0.2) is 8.78 Å². The molecular formula is C23H31F2N. The molecule has 0 aromatic heterocycles. The van der Waals surface area contributed by atoms with Crippen molar-refractivity contribution in [3.63, 3.8) is 0 Å². The molecule has 0 heterocycles. The molecule has 0 spiro atoms. The van der Waals surface area contributed by atoms with Crippen molar-refractivity contribution in [2.75, 3.05) is 0 Å². The van der Waals surface area contributed by atoms with E-state index in [2.05, 4.69) is 13.8 Å². The third kappa shape index (κ3) is 3.95. The first-order valence-electron chi connectivity index (χ1n) is 10.4. The lowest BCUT2D eigenvalue weighted by Gasteiger charge is -2.39. The van der Waals surface area contributed by atoms with E-state index in [1.54, 1.807) is 12.1 Å². The smallest absolute Gasteiger partial charge is 0.176 e. The Morgan fingerprint density at radius 3 is 2.08 bits per heavy atom. The topological polar surface area (TPSA) is 23.8 Å². The summed E-state index contributed by atoms with van der Waals surface area (Å²) in [5, 5.41) is 8.84. The molecule has 0 amide bonds. The summed E-state index contributed by atoms with van der Waals surface area (Å²) >= 11 is 0. The fourth-order valence-electron chi connectivity index (χ4n) is 5.43. The highest BCUT2D eigenvalue weighted by Gasteiger charge is 2.33. The van der Waals surface area contributed by atoms with Crippen LogP contribution in [-0.4, -0.2) is 0 Å². The van der Waals surface area contributed by atoms with Crippen LogP contribution >= 0.6 is 0 Å². The van der Waals surface area contributed by atoms with Crippen LogP contribution < -0.4 is 0 Å². The van der Waals surface area contributed by atoms with Gasteiger partial charge in [0.05, 0.1) is 5.56 Å². The monoisotopic (exact) mass is 359 g/mol. The maximum absolute atomic E-state index is 14.3. The lowest BCUT2D eigenvalue weighted by atomic mass is 9.66. The molecule has 2 saturated carbocycles. The summed E-state index contributed by atoms with van der Waals surface area (Å²) in [7, 11) is 0. The van der Waals surface area contributed by atoms with Crippen LogP contribution in [0.2, 0.25) is 0 Å². The minimum Gasteiger partial charge on any atom is -0.203 e. The number of nitrogens with zero attached hydrogens (tertiary/aromatic N) is 1. The van der Waals surface area contributed by atoms with E-state index < -0.39 is 11.6 Å². The molecule has 3 heteroatoms. The normalized spacial score (nSPS) is 30.6. The Hall–Kier alpha value is -1.43. The van der Waals surface area contributed by atoms with Gasteiger partial charge in [0.15, 0.2) is 11.6 Å². The van der Waals surface area contributed by atoms with E-state index >= 15 is 0 Å². The first-order chi connectivity index (χ1) is 12.5. The van der Waals surface area contributed by atoms with Crippen molar-refractivity contribution in [2.45, 2.75) is 77.6 Å². The van der Waals surface area contributed by atoms with Crippen LogP contribution in [0.15, 0.2) is 12.1 Å². The Bertz CT molecular complexity index is 647. The predicted octanol–water partition coefficient (Wildman–Crippen LogP) is 6.96. The van der Waals surface area contributed by atoms with Crippen molar-refractivity contribution in [2.24, 2.45) is 23.7 Å². The Labute approximate surface area is 156 Å². The van der Waals surface area contributed by atoms with E-state index in [9.17, 15) is 8.78 Å². The molecule has 0 radical (unpaired) electrons. The van der Waals surface area contributed by atoms with Crippen LogP contribution in [0.1, 0.15) is 88.7 Å². The lowest BCUT2D eigenvalue weighted by molar-refractivity contribution is 0.133. The Morgan fingerprint density at radius 1 is 0.962 bits per heavy atom. The molecule has 0 N–H and O–H groups in total. The van der Waals surface area contributed by atoms with Crippen molar-refractivity contribution in [3.05, 3.63) is 34.9 Å². The van der Waals surface area contributed by atoms with Gasteiger partial charge in [-0.3, -0.25) is 0 Å². The van der Waals surface area contributed by atoms with E-state index in [0.29, 0.717) is 5.56 Å². The fraction of sp³-hybridized carbons (Fsp3) is 0.696. The summed E-state index contributed by atoms with van der Waals surface area (Å²) in [5.41, 5.74) is 0.271. The largest absolute Gasteiger partial charge is 0.203 e. The van der Waals surface area contributed by atoms with Crippen LogP contribution in [0.5, 0.6) is 0 Å². The van der Waals surface area contributed by atoms with Crippen LogP contribution in [0, 0.1) is 46.6 Å². The highest BCUT2D eigenvalue weighted by Crippen LogP contribution is 2.45. The summed E-state index contributed by atoms with van der Waals surface area (Å²) in [6.07, 6.45) is 10.9. The van der Waals surface area contributed by atoms with Crippen LogP contribution in [-0.2, 0) is 0 Å². The van der Waals surface area contributed by atoms with E-state index in [0.717, 1.165) is 49.4 Å². The molecule has 142 valence electrons. The summed E-state index contributed by atoms with van der Waals surface area (Å²) in [6.45, 7) is 4.73. The third-order valence-corrected chi connectivity index (χ3v) is 7.40. The molecular weight excluding hydrogens is 328 g/mol. The van der Waals surface area contributed by atoms with E-state index in [1.807, 2.05) is 0 Å². The molecule has 1 aromatic rings. The molecule has 3 rings (SSSR count). The molecule has 0 bridgehead atoms. The van der Waals surface area contributed by atoms with Gasteiger partial charge in [0, 0.05) is 0 Å². The zero-order valence-electron chi connectivity index (χ0n) is 16.1. The fourth-order valence-corrected chi connectivity index (χ4v) is 5.43. The first kappa shape index (κ1) is 19.3. The predicted molar refractivity (Wildman–Crippen MR) is 101 cm³/mol. The van der Waals surface area contributed by atoms with Crippen LogP contribution in [0.3, 0.4) is 0 Å². The van der Waals surface area contributed by atoms with Crippen molar-refractivity contribution in [3.8, 4) is 6.07 Å². The van der Waals surface area contributed by atoms with Gasteiger partial charge in [0.25, 0.3) is 0 Å². The SMILES string of the molecule is CCC1CCC(C(C)C2CCC(c3ccc(C#N)c(F)c3F)CC2)CC1. The van der Waals surface area contributed by atoms with Gasteiger partial charge in [-0.05, 0) is 79.7 Å². The average Bonchev–Trinajstić information content (AvgIpc) is 2.70. The first-order valence-corrected chi connectivity index (χ1v) is 10.4. The molecule has 1 aromatic carbocycles. The van der Waals surface area contributed by atoms with E-state index in [-0.39, 0.29) is 11.5 Å². The molecule has 1 unspecified atom stereocenters. The Morgan fingerprint density at radius 2 is 1.54 bits per heavy atom. The molecule has 0 aliphatic heterocycles. The lowest BCUT2D eigenvalue weighted by Crippen LogP contribution is -2.28. The zero-order chi connectivity index (χ0) is 18.7. The second-order valence-corrected chi connectivity index (χ2v) is 8.60. The molecule has 0 saturated heterocycles. The second-order valence-electron chi connectivity index (χ2n) is 8.60. The van der Waals surface area contributed by atoms with E-state index in [4.69, 9.17) is 5.26 Å². The number of halogens is 2. The number of nitriles is 1. The van der Waals surface area contributed by atoms with Crippen molar-refractivity contribution in [1.82, 2.24) is 0 Å². The van der Waals surface area contributed by atoms with Crippen molar-refractivity contribution in [1.29, 1.82) is 5.26 Å². The standard InChI is InChI=1S/C23H31F2N/c1-3-16-4-6-17(7-5-16)15(2)18-8-10-19(11-9-18)21-13-12-20(14-26)22(24)23(21)25/h12-13,15-19H,3-11H2,1-2H3. The third-order valence-electron chi connectivity index (χ3n) is 7.40. The van der Waals surface area contributed by atoms with Crippen LogP contribution in [0.25, 0.3) is 0 Å². The number of hydrogen-bond donors (Lipinski definition) is 0. The number of hydrogen-bond acceptors (Lipinski definition) is 1. The van der Waals surface area contributed by atoms with E-state index in [1.165, 1.54) is 38.2 Å². The molecule has 2 aliphatic rings. The van der Waals surface area contributed by atoms with Gasteiger partial charge in [-0.15, -0.1) is 0 Å². The quantitative estimate of drug-likeness (QED) is 0.570. The zero-order valence-corrected chi connectivity index (χ0v) is 16.1. The summed E-state index contributed by atoms with van der Waals surface area (Å²) in [4.78, 5) is 0.